The number of fused-ring (bicyclic) bond motifs is 9. The highest BCUT2D eigenvalue weighted by molar-refractivity contribution is 6.17. The molecule has 5 aromatic carbocycles. The van der Waals surface area contributed by atoms with Crippen LogP contribution in [-0.2, 0) is 0 Å². The van der Waals surface area contributed by atoms with Gasteiger partial charge < -0.3 is 13.7 Å². The van der Waals surface area contributed by atoms with Crippen molar-refractivity contribution in [3.8, 4) is 0 Å². The molecule has 0 radical (unpaired) electrons. The van der Waals surface area contributed by atoms with Crippen LogP contribution in [-0.4, -0.2) is 9.97 Å². The third kappa shape index (κ3) is 3.23. The normalized spacial score (nSPS) is 11.9. The molecule has 0 aliphatic rings. The second-order valence-electron chi connectivity index (χ2n) is 10.3. The first-order valence-corrected chi connectivity index (χ1v) is 13.6. The standard InChI is InChI=1S/C36H21N3O2/c1-2-10-24-22(9-1)17-30(26-12-4-3-11-25(24)26)39(23-18-34-35(38-19-23)28-14-6-8-16-33(28)40-34)31-21-37-20-29-27-13-5-7-15-32(27)41-36(29)31/h1-21H. The van der Waals surface area contributed by atoms with Crippen molar-refractivity contribution in [1.82, 2.24) is 9.97 Å². The molecule has 0 amide bonds. The van der Waals surface area contributed by atoms with E-state index in [1.54, 1.807) is 0 Å². The van der Waals surface area contributed by atoms with Gasteiger partial charge in [0.1, 0.15) is 22.4 Å². The van der Waals surface area contributed by atoms with Crippen LogP contribution in [0.5, 0.6) is 0 Å². The highest BCUT2D eigenvalue weighted by Gasteiger charge is 2.23. The van der Waals surface area contributed by atoms with Crippen LogP contribution >= 0.6 is 0 Å². The van der Waals surface area contributed by atoms with Gasteiger partial charge in [0.05, 0.1) is 23.8 Å². The minimum atomic E-state index is 0.725. The molecule has 0 bridgehead atoms. The van der Waals surface area contributed by atoms with Gasteiger partial charge in [-0.05, 0) is 40.4 Å². The van der Waals surface area contributed by atoms with Crippen LogP contribution in [0.4, 0.5) is 17.1 Å². The molecule has 192 valence electrons. The minimum Gasteiger partial charge on any atom is -0.454 e. The van der Waals surface area contributed by atoms with Crippen LogP contribution in [0.2, 0.25) is 0 Å². The van der Waals surface area contributed by atoms with Crippen molar-refractivity contribution in [2.75, 3.05) is 4.90 Å². The number of benzene rings is 5. The quantitative estimate of drug-likeness (QED) is 0.214. The van der Waals surface area contributed by atoms with Gasteiger partial charge in [-0.15, -0.1) is 0 Å². The summed E-state index contributed by atoms with van der Waals surface area (Å²) in [5.74, 6) is 0. The lowest BCUT2D eigenvalue weighted by Gasteiger charge is -2.26. The van der Waals surface area contributed by atoms with E-state index in [2.05, 4.69) is 71.6 Å². The minimum absolute atomic E-state index is 0.725. The average Bonchev–Trinajstić information content (AvgIpc) is 3.60. The molecule has 0 spiro atoms. The maximum atomic E-state index is 6.52. The number of aromatic nitrogens is 2. The fraction of sp³-hybridized carbons (Fsp3) is 0. The Labute approximate surface area is 233 Å². The molecule has 0 aliphatic heterocycles. The molecule has 0 fully saturated rings. The van der Waals surface area contributed by atoms with E-state index in [4.69, 9.17) is 18.8 Å². The first-order valence-electron chi connectivity index (χ1n) is 13.6. The largest absolute Gasteiger partial charge is 0.454 e. The van der Waals surface area contributed by atoms with Crippen LogP contribution < -0.4 is 4.90 Å². The summed E-state index contributed by atoms with van der Waals surface area (Å²) in [6.07, 6.45) is 5.66. The highest BCUT2D eigenvalue weighted by atomic mass is 16.3. The fourth-order valence-electron chi connectivity index (χ4n) is 6.12. The summed E-state index contributed by atoms with van der Waals surface area (Å²) >= 11 is 0. The number of hydrogen-bond acceptors (Lipinski definition) is 5. The SMILES string of the molecule is c1ccc2c(c1)cc(N(c1cnc3c(c1)oc1ccccc13)c1cncc3c1oc1ccccc13)c1ccccc12. The summed E-state index contributed by atoms with van der Waals surface area (Å²) in [5, 5.41) is 7.64. The molecule has 0 saturated heterocycles. The molecule has 0 aliphatic carbocycles. The third-order valence-electron chi connectivity index (χ3n) is 7.95. The third-order valence-corrected chi connectivity index (χ3v) is 7.95. The number of para-hydroxylation sites is 2. The van der Waals surface area contributed by atoms with E-state index in [0.29, 0.717) is 0 Å². The van der Waals surface area contributed by atoms with Crippen molar-refractivity contribution in [2.24, 2.45) is 0 Å². The van der Waals surface area contributed by atoms with Gasteiger partial charge in [0.2, 0.25) is 0 Å². The van der Waals surface area contributed by atoms with Crippen molar-refractivity contribution in [3.63, 3.8) is 0 Å². The second kappa shape index (κ2) is 8.41. The maximum absolute atomic E-state index is 6.52. The van der Waals surface area contributed by atoms with Crippen molar-refractivity contribution in [2.45, 2.75) is 0 Å². The summed E-state index contributed by atoms with van der Waals surface area (Å²) in [4.78, 5) is 11.8. The van der Waals surface area contributed by atoms with E-state index in [1.165, 1.54) is 10.8 Å². The molecule has 5 nitrogen and oxygen atoms in total. The van der Waals surface area contributed by atoms with Gasteiger partial charge in [0, 0.05) is 33.8 Å². The Morgan fingerprint density at radius 1 is 0.488 bits per heavy atom. The molecular weight excluding hydrogens is 506 g/mol. The van der Waals surface area contributed by atoms with E-state index in [-0.39, 0.29) is 0 Å². The second-order valence-corrected chi connectivity index (χ2v) is 10.3. The molecule has 9 rings (SSSR count). The Balaban J connectivity index is 1.41. The van der Waals surface area contributed by atoms with Gasteiger partial charge >= 0.3 is 0 Å². The number of anilines is 3. The molecule has 0 atom stereocenters. The lowest BCUT2D eigenvalue weighted by atomic mass is 9.99. The van der Waals surface area contributed by atoms with Gasteiger partial charge in [-0.3, -0.25) is 4.98 Å². The van der Waals surface area contributed by atoms with E-state index in [0.717, 1.165) is 71.8 Å². The molecular formula is C36H21N3O2. The van der Waals surface area contributed by atoms with Crippen molar-refractivity contribution in [1.29, 1.82) is 0 Å². The number of hydrogen-bond donors (Lipinski definition) is 0. The predicted molar refractivity (Wildman–Crippen MR) is 166 cm³/mol. The van der Waals surface area contributed by atoms with Crippen LogP contribution in [0.3, 0.4) is 0 Å². The summed E-state index contributed by atoms with van der Waals surface area (Å²) in [6.45, 7) is 0. The van der Waals surface area contributed by atoms with Gasteiger partial charge in [-0.2, -0.15) is 0 Å². The van der Waals surface area contributed by atoms with Gasteiger partial charge in [-0.1, -0.05) is 78.9 Å². The van der Waals surface area contributed by atoms with Gasteiger partial charge in [-0.25, -0.2) is 4.98 Å². The summed E-state index contributed by atoms with van der Waals surface area (Å²) in [7, 11) is 0. The first kappa shape index (κ1) is 22.2. The van der Waals surface area contributed by atoms with E-state index in [9.17, 15) is 0 Å². The molecule has 4 heterocycles. The van der Waals surface area contributed by atoms with Gasteiger partial charge in [0.25, 0.3) is 0 Å². The molecule has 5 heteroatoms. The van der Waals surface area contributed by atoms with E-state index < -0.39 is 0 Å². The van der Waals surface area contributed by atoms with Crippen LogP contribution in [0, 0.1) is 0 Å². The van der Waals surface area contributed by atoms with Crippen LogP contribution in [0.1, 0.15) is 0 Å². The van der Waals surface area contributed by atoms with Gasteiger partial charge in [0.15, 0.2) is 11.2 Å². The molecule has 41 heavy (non-hydrogen) atoms. The molecule has 0 N–H and O–H groups in total. The number of pyridine rings is 2. The summed E-state index contributed by atoms with van der Waals surface area (Å²) in [6, 6.07) is 37.4. The lowest BCUT2D eigenvalue weighted by Crippen LogP contribution is -2.11. The monoisotopic (exact) mass is 527 g/mol. The molecule has 9 aromatic rings. The van der Waals surface area contributed by atoms with Crippen LogP contribution in [0.15, 0.2) is 137 Å². The number of rotatable bonds is 3. The number of nitrogens with zero attached hydrogens (tertiary/aromatic N) is 3. The Bertz CT molecular complexity index is 2450. The van der Waals surface area contributed by atoms with Crippen molar-refractivity contribution in [3.05, 3.63) is 128 Å². The highest BCUT2D eigenvalue weighted by Crippen LogP contribution is 2.46. The predicted octanol–water partition coefficient (Wildman–Crippen LogP) is 10.1. The van der Waals surface area contributed by atoms with E-state index >= 15 is 0 Å². The Hall–Kier alpha value is -5.68. The van der Waals surface area contributed by atoms with E-state index in [1.807, 2.05) is 61.1 Å². The Morgan fingerprint density at radius 2 is 1.17 bits per heavy atom. The topological polar surface area (TPSA) is 55.3 Å². The molecule has 4 aromatic heterocycles. The van der Waals surface area contributed by atoms with Crippen LogP contribution in [0.25, 0.3) is 65.6 Å². The summed E-state index contributed by atoms with van der Waals surface area (Å²) < 4.78 is 12.8. The first-order chi connectivity index (χ1) is 20.3. The average molecular weight is 528 g/mol. The number of furan rings is 2. The zero-order valence-electron chi connectivity index (χ0n) is 21.8. The molecule has 0 unspecified atom stereocenters. The Morgan fingerprint density at radius 3 is 2.02 bits per heavy atom. The Kier molecular flexibility index (Phi) is 4.55. The lowest BCUT2D eigenvalue weighted by molar-refractivity contribution is 0.666. The van der Waals surface area contributed by atoms with Crippen molar-refractivity contribution < 1.29 is 8.83 Å². The summed E-state index contributed by atoms with van der Waals surface area (Å²) in [5.41, 5.74) is 6.66. The fourth-order valence-corrected chi connectivity index (χ4v) is 6.12. The molecule has 0 saturated carbocycles. The van der Waals surface area contributed by atoms with Crippen molar-refractivity contribution >= 4 is 82.6 Å². The maximum Gasteiger partial charge on any atom is 0.162 e. The zero-order valence-corrected chi connectivity index (χ0v) is 21.8. The smallest absolute Gasteiger partial charge is 0.162 e. The zero-order chi connectivity index (χ0) is 26.9.